The minimum Gasteiger partial charge on any atom is -0.440 e. The van der Waals surface area contributed by atoms with E-state index in [9.17, 15) is 4.79 Å². The molecule has 2 N–H and O–H groups in total. The Balaban J connectivity index is 1.90. The largest absolute Gasteiger partial charge is 0.440 e. The van der Waals surface area contributed by atoms with Gasteiger partial charge >= 0.3 is 6.03 Å². The lowest BCUT2D eigenvalue weighted by atomic mass is 10.0. The van der Waals surface area contributed by atoms with Crippen LogP contribution in [0.25, 0.3) is 0 Å². The maximum absolute atomic E-state index is 10.9. The lowest BCUT2D eigenvalue weighted by molar-refractivity contribution is -0.214. The lowest BCUT2D eigenvalue weighted by Gasteiger charge is -2.39. The summed E-state index contributed by atoms with van der Waals surface area (Å²) in [6, 6.07) is 3.40. The van der Waals surface area contributed by atoms with Crippen molar-refractivity contribution in [3.05, 3.63) is 23.9 Å². The molecule has 0 fully saturated rings. The molecule has 1 atom stereocenters. The fourth-order valence-electron chi connectivity index (χ4n) is 1.45. The van der Waals surface area contributed by atoms with Crippen LogP contribution in [-0.4, -0.2) is 24.8 Å². The predicted molar refractivity (Wildman–Crippen MR) is 55.8 cm³/mol. The van der Waals surface area contributed by atoms with Gasteiger partial charge in [-0.25, -0.2) is 9.78 Å². The standard InChI is InChI=1S/C10H13N3O3/c1-10(15-6-13-9(14)11-2)7-4-3-5-12-8(7)16-10/h3-5H,6H2,1-2H3,(H2,11,13,14). The van der Waals surface area contributed by atoms with Gasteiger partial charge in [0.2, 0.25) is 11.7 Å². The van der Waals surface area contributed by atoms with Crippen LogP contribution in [0.3, 0.4) is 0 Å². The number of pyridine rings is 1. The maximum Gasteiger partial charge on any atom is 0.316 e. The highest BCUT2D eigenvalue weighted by Gasteiger charge is 2.43. The summed E-state index contributed by atoms with van der Waals surface area (Å²) < 4.78 is 10.8. The maximum atomic E-state index is 10.9. The van der Waals surface area contributed by atoms with Crippen molar-refractivity contribution in [2.75, 3.05) is 13.8 Å². The van der Waals surface area contributed by atoms with Crippen molar-refractivity contribution in [1.82, 2.24) is 15.6 Å². The van der Waals surface area contributed by atoms with Crippen LogP contribution in [0.15, 0.2) is 18.3 Å². The van der Waals surface area contributed by atoms with Crippen molar-refractivity contribution in [2.45, 2.75) is 12.7 Å². The average molecular weight is 223 g/mol. The predicted octanol–water partition coefficient (Wildman–Crippen LogP) is 0.550. The highest BCUT2D eigenvalue weighted by Crippen LogP contribution is 2.42. The first-order chi connectivity index (χ1) is 7.65. The van der Waals surface area contributed by atoms with Crippen molar-refractivity contribution in [2.24, 2.45) is 0 Å². The van der Waals surface area contributed by atoms with E-state index in [1.165, 1.54) is 7.05 Å². The van der Waals surface area contributed by atoms with E-state index in [0.717, 1.165) is 5.56 Å². The van der Waals surface area contributed by atoms with E-state index in [1.54, 1.807) is 13.1 Å². The fourth-order valence-corrected chi connectivity index (χ4v) is 1.45. The lowest BCUT2D eigenvalue weighted by Crippen LogP contribution is -2.45. The number of amides is 2. The second-order valence-electron chi connectivity index (χ2n) is 3.45. The van der Waals surface area contributed by atoms with Gasteiger partial charge in [-0.2, -0.15) is 0 Å². The Kier molecular flexibility index (Phi) is 2.66. The summed E-state index contributed by atoms with van der Waals surface area (Å²) in [5.74, 6) is -0.241. The zero-order valence-electron chi connectivity index (χ0n) is 9.11. The van der Waals surface area contributed by atoms with Crippen LogP contribution >= 0.6 is 0 Å². The van der Waals surface area contributed by atoms with E-state index in [2.05, 4.69) is 15.6 Å². The molecule has 1 aromatic heterocycles. The van der Waals surface area contributed by atoms with Crippen molar-refractivity contribution in [3.63, 3.8) is 0 Å². The smallest absolute Gasteiger partial charge is 0.316 e. The van der Waals surface area contributed by atoms with Gasteiger partial charge in [0.05, 0.1) is 5.56 Å². The highest BCUT2D eigenvalue weighted by atomic mass is 16.7. The van der Waals surface area contributed by atoms with Gasteiger partial charge in [0.25, 0.3) is 0 Å². The first-order valence-electron chi connectivity index (χ1n) is 4.90. The molecule has 2 heterocycles. The minimum atomic E-state index is -0.815. The molecule has 0 saturated carbocycles. The number of nitrogens with one attached hydrogen (secondary N) is 2. The second-order valence-corrected chi connectivity index (χ2v) is 3.45. The topological polar surface area (TPSA) is 72.5 Å². The molecule has 86 valence electrons. The summed E-state index contributed by atoms with van der Waals surface area (Å²) in [6.45, 7) is 1.85. The molecule has 0 aromatic carbocycles. The van der Waals surface area contributed by atoms with Crippen LogP contribution in [0.2, 0.25) is 0 Å². The molecule has 6 heteroatoms. The van der Waals surface area contributed by atoms with E-state index in [-0.39, 0.29) is 12.8 Å². The van der Waals surface area contributed by atoms with Crippen LogP contribution in [0, 0.1) is 0 Å². The number of fused-ring (bicyclic) bond motifs is 1. The van der Waals surface area contributed by atoms with Gasteiger partial charge in [0, 0.05) is 20.2 Å². The number of ether oxygens (including phenoxy) is 2. The van der Waals surface area contributed by atoms with Crippen molar-refractivity contribution in [1.29, 1.82) is 0 Å². The number of nitrogens with zero attached hydrogens (tertiary/aromatic N) is 1. The number of hydrogen-bond donors (Lipinski definition) is 2. The third kappa shape index (κ3) is 1.79. The number of carbonyl (C=O) groups is 1. The summed E-state index contributed by atoms with van der Waals surface area (Å²) in [5.41, 5.74) is 0.883. The quantitative estimate of drug-likeness (QED) is 0.734. The summed E-state index contributed by atoms with van der Waals surface area (Å²) in [4.78, 5) is 14.9. The summed E-state index contributed by atoms with van der Waals surface area (Å²) in [7, 11) is 1.54. The van der Waals surface area contributed by atoms with Gasteiger partial charge in [-0.05, 0) is 12.1 Å². The molecule has 6 nitrogen and oxygen atoms in total. The van der Waals surface area contributed by atoms with E-state index in [4.69, 9.17) is 9.47 Å². The van der Waals surface area contributed by atoms with Crippen LogP contribution < -0.4 is 15.4 Å². The Labute approximate surface area is 93.0 Å². The molecule has 1 unspecified atom stereocenters. The van der Waals surface area contributed by atoms with E-state index in [1.807, 2.05) is 12.1 Å². The van der Waals surface area contributed by atoms with E-state index in [0.29, 0.717) is 5.88 Å². The normalized spacial score (nSPS) is 21.4. The minimum absolute atomic E-state index is 0.0739. The van der Waals surface area contributed by atoms with E-state index >= 15 is 0 Å². The zero-order valence-corrected chi connectivity index (χ0v) is 9.11. The fraction of sp³-hybridized carbons (Fsp3) is 0.400. The molecule has 0 spiro atoms. The Hall–Kier alpha value is -1.82. The van der Waals surface area contributed by atoms with Gasteiger partial charge in [-0.3, -0.25) is 0 Å². The monoisotopic (exact) mass is 223 g/mol. The van der Waals surface area contributed by atoms with Crippen molar-refractivity contribution < 1.29 is 14.3 Å². The van der Waals surface area contributed by atoms with Crippen LogP contribution in [0.4, 0.5) is 4.79 Å². The molecule has 2 amide bonds. The summed E-state index contributed by atoms with van der Waals surface area (Å²) in [5, 5.41) is 4.94. The number of hydrogen-bond acceptors (Lipinski definition) is 4. The third-order valence-corrected chi connectivity index (χ3v) is 2.36. The molecular formula is C10H13N3O3. The third-order valence-electron chi connectivity index (χ3n) is 2.36. The van der Waals surface area contributed by atoms with Gasteiger partial charge < -0.3 is 20.1 Å². The molecule has 0 saturated heterocycles. The molecule has 0 bridgehead atoms. The number of carbonyl (C=O) groups excluding carboxylic acids is 1. The highest BCUT2D eigenvalue weighted by molar-refractivity contribution is 5.73. The molecule has 0 aliphatic carbocycles. The van der Waals surface area contributed by atoms with Crippen molar-refractivity contribution >= 4 is 6.03 Å². The first kappa shape index (κ1) is 10.7. The molecule has 1 aliphatic heterocycles. The first-order valence-corrected chi connectivity index (χ1v) is 4.90. The van der Waals surface area contributed by atoms with Gasteiger partial charge in [0.15, 0.2) is 0 Å². The molecule has 0 radical (unpaired) electrons. The van der Waals surface area contributed by atoms with Gasteiger partial charge in [0.1, 0.15) is 6.73 Å². The zero-order chi connectivity index (χ0) is 11.6. The summed E-state index contributed by atoms with van der Waals surface area (Å²) in [6.07, 6.45) is 1.65. The molecule has 16 heavy (non-hydrogen) atoms. The Morgan fingerprint density at radius 2 is 2.50 bits per heavy atom. The van der Waals surface area contributed by atoms with Gasteiger partial charge in [-0.15, -0.1) is 0 Å². The SMILES string of the molecule is CNC(=O)NCOC1(C)Oc2ncccc21. The van der Waals surface area contributed by atoms with E-state index < -0.39 is 5.79 Å². The van der Waals surface area contributed by atoms with Crippen LogP contribution in [0.1, 0.15) is 12.5 Å². The number of aromatic nitrogens is 1. The molecule has 2 rings (SSSR count). The van der Waals surface area contributed by atoms with Crippen LogP contribution in [-0.2, 0) is 10.5 Å². The van der Waals surface area contributed by atoms with Crippen LogP contribution in [0.5, 0.6) is 5.88 Å². The Morgan fingerprint density at radius 1 is 1.69 bits per heavy atom. The molecule has 1 aliphatic rings. The Morgan fingerprint density at radius 3 is 3.19 bits per heavy atom. The molecular weight excluding hydrogens is 210 g/mol. The summed E-state index contributed by atoms with van der Waals surface area (Å²) >= 11 is 0. The average Bonchev–Trinajstić information content (AvgIpc) is 2.28. The number of urea groups is 1. The Bertz CT molecular complexity index is 410. The van der Waals surface area contributed by atoms with Gasteiger partial charge in [-0.1, -0.05) is 0 Å². The molecule has 1 aromatic rings. The number of rotatable bonds is 3. The second kappa shape index (κ2) is 3.97. The van der Waals surface area contributed by atoms with Crippen molar-refractivity contribution in [3.8, 4) is 5.88 Å².